The fourth-order valence-electron chi connectivity index (χ4n) is 1.93. The van der Waals surface area contributed by atoms with E-state index in [0.717, 1.165) is 5.56 Å². The minimum atomic E-state index is -0.467. The topological polar surface area (TPSA) is 38.3 Å². The maximum Gasteiger partial charge on any atom is 0.407 e. The van der Waals surface area contributed by atoms with Gasteiger partial charge in [0.05, 0.1) is 10.5 Å². The van der Waals surface area contributed by atoms with Crippen LogP contribution in [0.4, 0.5) is 9.18 Å². The lowest BCUT2D eigenvalue weighted by molar-refractivity contribution is 0.0384. The standard InChI is InChI=1S/C12H13BrFNO2.ClH/c1-12(2)6-17-11(16)15-10(12)7-4-3-5-8(14)9(7)13;/h3-5,10H,6H2,1-2H3,(H,15,16);1H/t10-;/m1./s1. The van der Waals surface area contributed by atoms with Crippen molar-refractivity contribution in [2.45, 2.75) is 19.9 Å². The van der Waals surface area contributed by atoms with Crippen LogP contribution in [0, 0.1) is 11.2 Å². The summed E-state index contributed by atoms with van der Waals surface area (Å²) < 4.78 is 18.8. The Bertz CT molecular complexity index is 467. The Morgan fingerprint density at radius 1 is 1.50 bits per heavy atom. The Morgan fingerprint density at radius 3 is 2.83 bits per heavy atom. The van der Waals surface area contributed by atoms with E-state index >= 15 is 0 Å². The van der Waals surface area contributed by atoms with Crippen LogP contribution in [0.5, 0.6) is 0 Å². The first-order chi connectivity index (χ1) is 7.92. The van der Waals surface area contributed by atoms with Crippen molar-refractivity contribution in [3.05, 3.63) is 34.1 Å². The van der Waals surface area contributed by atoms with Crippen LogP contribution in [0.1, 0.15) is 25.5 Å². The summed E-state index contributed by atoms with van der Waals surface area (Å²) in [5.41, 5.74) is 0.441. The normalized spacial score (nSPS) is 21.6. The molecular weight excluding hydrogens is 324 g/mol. The maximum absolute atomic E-state index is 13.5. The van der Waals surface area contributed by atoms with Crippen molar-refractivity contribution >= 4 is 34.4 Å². The lowest BCUT2D eigenvalue weighted by Gasteiger charge is -2.38. The fraction of sp³-hybridized carbons (Fsp3) is 0.417. The Morgan fingerprint density at radius 2 is 2.17 bits per heavy atom. The predicted octanol–water partition coefficient (Wildman–Crippen LogP) is 3.82. The summed E-state index contributed by atoms with van der Waals surface area (Å²) in [7, 11) is 0. The first-order valence-electron chi connectivity index (χ1n) is 5.29. The van der Waals surface area contributed by atoms with Crippen molar-refractivity contribution in [3.63, 3.8) is 0 Å². The molecule has 1 heterocycles. The number of hydrogen-bond acceptors (Lipinski definition) is 2. The number of halogens is 3. The van der Waals surface area contributed by atoms with E-state index < -0.39 is 6.09 Å². The molecular formula is C12H14BrClFNO2. The van der Waals surface area contributed by atoms with Gasteiger partial charge in [-0.15, -0.1) is 12.4 Å². The molecule has 1 aliphatic heterocycles. The van der Waals surface area contributed by atoms with E-state index in [1.54, 1.807) is 12.1 Å². The third-order valence-electron chi connectivity index (χ3n) is 2.91. The number of cyclic esters (lactones) is 1. The number of hydrogen-bond donors (Lipinski definition) is 1. The molecule has 0 aliphatic carbocycles. The molecule has 0 bridgehead atoms. The SMILES string of the molecule is CC1(C)COC(=O)N[C@@H]1c1cccc(F)c1Br.Cl. The van der Waals surface area contributed by atoms with Crippen molar-refractivity contribution in [3.8, 4) is 0 Å². The Balaban J connectivity index is 0.00000162. The summed E-state index contributed by atoms with van der Waals surface area (Å²) in [4.78, 5) is 11.3. The number of carbonyl (C=O) groups is 1. The molecule has 3 nitrogen and oxygen atoms in total. The van der Waals surface area contributed by atoms with Crippen LogP contribution < -0.4 is 5.32 Å². The van der Waals surface area contributed by atoms with Crippen LogP contribution in [0.3, 0.4) is 0 Å². The largest absolute Gasteiger partial charge is 0.449 e. The van der Waals surface area contributed by atoms with E-state index in [4.69, 9.17) is 4.74 Å². The minimum absolute atomic E-state index is 0. The molecule has 0 saturated carbocycles. The number of alkyl carbamates (subject to hydrolysis) is 1. The van der Waals surface area contributed by atoms with E-state index in [1.165, 1.54) is 6.07 Å². The number of benzene rings is 1. The van der Waals surface area contributed by atoms with Crippen molar-refractivity contribution in [2.75, 3.05) is 6.61 Å². The van der Waals surface area contributed by atoms with Gasteiger partial charge in [0.15, 0.2) is 0 Å². The van der Waals surface area contributed by atoms with E-state index in [0.29, 0.717) is 11.1 Å². The van der Waals surface area contributed by atoms with Crippen molar-refractivity contribution in [1.82, 2.24) is 5.32 Å². The van der Waals surface area contributed by atoms with Crippen LogP contribution in [0.15, 0.2) is 22.7 Å². The minimum Gasteiger partial charge on any atom is -0.449 e. The molecule has 0 spiro atoms. The molecule has 0 aromatic heterocycles. The molecule has 2 rings (SSSR count). The van der Waals surface area contributed by atoms with Gasteiger partial charge < -0.3 is 10.1 Å². The summed E-state index contributed by atoms with van der Waals surface area (Å²) in [6, 6.07) is 4.54. The zero-order valence-corrected chi connectivity index (χ0v) is 12.4. The summed E-state index contributed by atoms with van der Waals surface area (Å²) >= 11 is 3.22. The Kier molecular flexibility index (Phi) is 4.61. The summed E-state index contributed by atoms with van der Waals surface area (Å²) in [6.07, 6.45) is -0.467. The third-order valence-corrected chi connectivity index (χ3v) is 3.75. The van der Waals surface area contributed by atoms with E-state index in [9.17, 15) is 9.18 Å². The first-order valence-corrected chi connectivity index (χ1v) is 6.08. The molecule has 1 aromatic rings. The second-order valence-corrected chi connectivity index (χ2v) is 5.58. The number of carbonyl (C=O) groups excluding carboxylic acids is 1. The van der Waals surface area contributed by atoms with Gasteiger partial charge in [0.2, 0.25) is 0 Å². The molecule has 1 amide bonds. The van der Waals surface area contributed by atoms with Crippen LogP contribution in [0.2, 0.25) is 0 Å². The highest BCUT2D eigenvalue weighted by Gasteiger charge is 2.39. The van der Waals surface area contributed by atoms with Crippen LogP contribution in [0.25, 0.3) is 0 Å². The molecule has 1 fully saturated rings. The van der Waals surface area contributed by atoms with Crippen molar-refractivity contribution < 1.29 is 13.9 Å². The third kappa shape index (κ3) is 2.78. The number of ether oxygens (including phenoxy) is 1. The number of nitrogens with one attached hydrogen (secondary N) is 1. The van der Waals surface area contributed by atoms with Crippen molar-refractivity contribution in [1.29, 1.82) is 0 Å². The van der Waals surface area contributed by atoms with Gasteiger partial charge in [0.25, 0.3) is 0 Å². The summed E-state index contributed by atoms with van der Waals surface area (Å²) in [6.45, 7) is 4.25. The summed E-state index contributed by atoms with van der Waals surface area (Å²) in [5.74, 6) is -0.334. The maximum atomic E-state index is 13.5. The highest BCUT2D eigenvalue weighted by molar-refractivity contribution is 9.10. The molecule has 0 radical (unpaired) electrons. The van der Waals surface area contributed by atoms with Gasteiger partial charge in [-0.05, 0) is 27.6 Å². The lowest BCUT2D eigenvalue weighted by atomic mass is 9.80. The fourth-order valence-corrected chi connectivity index (χ4v) is 2.43. The van der Waals surface area contributed by atoms with Gasteiger partial charge in [0, 0.05) is 5.41 Å². The smallest absolute Gasteiger partial charge is 0.407 e. The van der Waals surface area contributed by atoms with E-state index in [2.05, 4.69) is 21.2 Å². The molecule has 1 saturated heterocycles. The highest BCUT2D eigenvalue weighted by atomic mass is 79.9. The zero-order valence-electron chi connectivity index (χ0n) is 10.00. The van der Waals surface area contributed by atoms with Crippen LogP contribution in [-0.4, -0.2) is 12.7 Å². The van der Waals surface area contributed by atoms with Crippen molar-refractivity contribution in [2.24, 2.45) is 5.41 Å². The number of amides is 1. The molecule has 18 heavy (non-hydrogen) atoms. The molecule has 1 atom stereocenters. The summed E-state index contributed by atoms with van der Waals surface area (Å²) in [5, 5.41) is 2.73. The lowest BCUT2D eigenvalue weighted by Crippen LogP contribution is -2.47. The average molecular weight is 339 g/mol. The molecule has 1 aliphatic rings. The molecule has 1 aromatic carbocycles. The van der Waals surface area contributed by atoms with Gasteiger partial charge in [-0.3, -0.25) is 0 Å². The highest BCUT2D eigenvalue weighted by Crippen LogP contribution is 2.39. The molecule has 1 N–H and O–H groups in total. The quantitative estimate of drug-likeness (QED) is 0.845. The van der Waals surface area contributed by atoms with E-state index in [-0.39, 0.29) is 29.7 Å². The molecule has 100 valence electrons. The Hall–Kier alpha value is -0.810. The Labute approximate surface area is 120 Å². The molecule has 0 unspecified atom stereocenters. The number of rotatable bonds is 1. The van der Waals surface area contributed by atoms with Gasteiger partial charge in [0.1, 0.15) is 12.4 Å². The first kappa shape index (κ1) is 15.2. The van der Waals surface area contributed by atoms with Gasteiger partial charge in [-0.2, -0.15) is 0 Å². The predicted molar refractivity (Wildman–Crippen MR) is 72.4 cm³/mol. The van der Waals surface area contributed by atoms with Crippen LogP contribution in [-0.2, 0) is 4.74 Å². The second kappa shape index (κ2) is 5.45. The van der Waals surface area contributed by atoms with Gasteiger partial charge in [-0.1, -0.05) is 26.0 Å². The average Bonchev–Trinajstić information content (AvgIpc) is 2.26. The van der Waals surface area contributed by atoms with Crippen LogP contribution >= 0.6 is 28.3 Å². The second-order valence-electron chi connectivity index (χ2n) is 4.79. The monoisotopic (exact) mass is 337 g/mol. The van der Waals surface area contributed by atoms with Gasteiger partial charge >= 0.3 is 6.09 Å². The van der Waals surface area contributed by atoms with Gasteiger partial charge in [-0.25, -0.2) is 9.18 Å². The molecule has 6 heteroatoms. The van der Waals surface area contributed by atoms with E-state index in [1.807, 2.05) is 13.8 Å². The zero-order chi connectivity index (χ0) is 12.6.